The van der Waals surface area contributed by atoms with Crippen molar-refractivity contribution in [2.75, 3.05) is 31.1 Å². The Hall–Kier alpha value is -1.86. The van der Waals surface area contributed by atoms with Crippen molar-refractivity contribution in [3.8, 4) is 0 Å². The quantitative estimate of drug-likeness (QED) is 0.712. The number of pyridine rings is 1. The number of Topliss-reactive ketones (excluding diaryl/α,β-unsaturated/α-hetero) is 1. The van der Waals surface area contributed by atoms with Crippen LogP contribution in [0.1, 0.15) is 48.5 Å². The SMILES string of the molecule is Cc1cccc(CN2CCN(c3nnc(CC(=O)CC4CCCC4)s3)CC2)n1. The van der Waals surface area contributed by atoms with Crippen molar-refractivity contribution >= 4 is 22.3 Å². The first kappa shape index (κ1) is 19.5. The molecule has 0 aromatic carbocycles. The molecule has 0 amide bonds. The molecule has 2 aromatic rings. The lowest BCUT2D eigenvalue weighted by Gasteiger charge is -2.34. The minimum Gasteiger partial charge on any atom is -0.344 e. The van der Waals surface area contributed by atoms with Gasteiger partial charge < -0.3 is 4.90 Å². The molecular formula is C21H29N5OS. The summed E-state index contributed by atoms with van der Waals surface area (Å²) in [5.41, 5.74) is 2.20. The highest BCUT2D eigenvalue weighted by atomic mass is 32.1. The lowest BCUT2D eigenvalue weighted by molar-refractivity contribution is -0.119. The zero-order chi connectivity index (χ0) is 19.3. The van der Waals surface area contributed by atoms with E-state index in [1.165, 1.54) is 25.7 Å². The first-order valence-electron chi connectivity index (χ1n) is 10.4. The highest BCUT2D eigenvalue weighted by Gasteiger charge is 2.22. The number of carbonyl (C=O) groups is 1. The molecule has 1 aliphatic heterocycles. The van der Waals surface area contributed by atoms with Crippen LogP contribution in [-0.2, 0) is 17.8 Å². The number of anilines is 1. The average Bonchev–Trinajstić information content (AvgIpc) is 3.35. The van der Waals surface area contributed by atoms with Crippen LogP contribution in [0.2, 0.25) is 0 Å². The molecule has 7 heteroatoms. The van der Waals surface area contributed by atoms with Gasteiger partial charge in [0.05, 0.1) is 12.1 Å². The van der Waals surface area contributed by atoms with Crippen LogP contribution in [0.4, 0.5) is 5.13 Å². The molecule has 2 fully saturated rings. The molecule has 2 aromatic heterocycles. The number of aromatic nitrogens is 3. The third-order valence-electron chi connectivity index (χ3n) is 5.77. The van der Waals surface area contributed by atoms with Crippen LogP contribution in [-0.4, -0.2) is 52.0 Å². The fourth-order valence-electron chi connectivity index (χ4n) is 4.24. The number of aryl methyl sites for hydroxylation is 1. The first-order valence-corrected chi connectivity index (χ1v) is 11.2. The van der Waals surface area contributed by atoms with Gasteiger partial charge in [-0.15, -0.1) is 10.2 Å². The van der Waals surface area contributed by atoms with Crippen molar-refractivity contribution in [3.05, 3.63) is 34.6 Å². The van der Waals surface area contributed by atoms with Crippen molar-refractivity contribution in [1.82, 2.24) is 20.1 Å². The lowest BCUT2D eigenvalue weighted by atomic mass is 10.00. The largest absolute Gasteiger partial charge is 0.344 e. The molecule has 2 aliphatic rings. The summed E-state index contributed by atoms with van der Waals surface area (Å²) in [7, 11) is 0. The number of carbonyl (C=O) groups excluding carboxylic acids is 1. The average molecular weight is 400 g/mol. The molecule has 0 N–H and O–H groups in total. The van der Waals surface area contributed by atoms with Crippen LogP contribution in [0, 0.1) is 12.8 Å². The van der Waals surface area contributed by atoms with Gasteiger partial charge in [0.25, 0.3) is 0 Å². The lowest BCUT2D eigenvalue weighted by Crippen LogP contribution is -2.46. The molecule has 0 atom stereocenters. The van der Waals surface area contributed by atoms with Crippen molar-refractivity contribution in [2.24, 2.45) is 5.92 Å². The first-order chi connectivity index (χ1) is 13.7. The van der Waals surface area contributed by atoms with Gasteiger partial charge in [-0.2, -0.15) is 0 Å². The van der Waals surface area contributed by atoms with E-state index in [-0.39, 0.29) is 0 Å². The fourth-order valence-corrected chi connectivity index (χ4v) is 5.15. The second-order valence-electron chi connectivity index (χ2n) is 8.08. The Balaban J connectivity index is 1.25. The number of nitrogens with zero attached hydrogens (tertiary/aromatic N) is 5. The second-order valence-corrected chi connectivity index (χ2v) is 9.12. The summed E-state index contributed by atoms with van der Waals surface area (Å²) >= 11 is 1.58. The molecule has 0 radical (unpaired) electrons. The van der Waals surface area contributed by atoms with Gasteiger partial charge in [-0.1, -0.05) is 43.1 Å². The van der Waals surface area contributed by atoms with Crippen molar-refractivity contribution < 1.29 is 4.79 Å². The minimum absolute atomic E-state index is 0.324. The Kier molecular flexibility index (Phi) is 6.32. The van der Waals surface area contributed by atoms with Crippen molar-refractivity contribution in [2.45, 2.75) is 52.0 Å². The van der Waals surface area contributed by atoms with Crippen molar-refractivity contribution in [3.63, 3.8) is 0 Å². The van der Waals surface area contributed by atoms with Crippen LogP contribution in [0.25, 0.3) is 0 Å². The Labute approximate surface area is 171 Å². The molecule has 6 nitrogen and oxygen atoms in total. The van der Waals surface area contributed by atoms with E-state index in [4.69, 9.17) is 0 Å². The molecule has 4 rings (SSSR count). The molecule has 1 saturated carbocycles. The standard InChI is InChI=1S/C21H29N5OS/c1-16-5-4-8-18(22-16)15-25-9-11-26(12-10-25)21-24-23-20(28-21)14-19(27)13-17-6-2-3-7-17/h4-5,8,17H,2-3,6-7,9-15H2,1H3. The molecule has 0 unspecified atom stereocenters. The highest BCUT2D eigenvalue weighted by molar-refractivity contribution is 7.15. The smallest absolute Gasteiger partial charge is 0.208 e. The second kappa shape index (κ2) is 9.09. The molecule has 1 aliphatic carbocycles. The molecule has 1 saturated heterocycles. The number of hydrogen-bond donors (Lipinski definition) is 0. The topological polar surface area (TPSA) is 62.2 Å². The maximum atomic E-state index is 12.3. The maximum Gasteiger partial charge on any atom is 0.208 e. The molecule has 3 heterocycles. The van der Waals surface area contributed by atoms with E-state index >= 15 is 0 Å². The summed E-state index contributed by atoms with van der Waals surface area (Å²) in [5.74, 6) is 0.931. The van der Waals surface area contributed by atoms with Gasteiger partial charge in [0.15, 0.2) is 0 Å². The van der Waals surface area contributed by atoms with Crippen LogP contribution in [0.5, 0.6) is 0 Å². The zero-order valence-electron chi connectivity index (χ0n) is 16.6. The summed E-state index contributed by atoms with van der Waals surface area (Å²) in [6, 6.07) is 6.21. The van der Waals surface area contributed by atoms with Crippen LogP contribution in [0.3, 0.4) is 0 Å². The molecule has 28 heavy (non-hydrogen) atoms. The van der Waals surface area contributed by atoms with Crippen molar-refractivity contribution in [1.29, 1.82) is 0 Å². The van der Waals surface area contributed by atoms with E-state index in [2.05, 4.69) is 37.1 Å². The van der Waals surface area contributed by atoms with E-state index in [1.54, 1.807) is 11.3 Å². The predicted octanol–water partition coefficient (Wildman–Crippen LogP) is 3.26. The van der Waals surface area contributed by atoms with E-state index in [0.29, 0.717) is 18.1 Å². The van der Waals surface area contributed by atoms with Gasteiger partial charge in [0.1, 0.15) is 10.8 Å². The molecule has 150 valence electrons. The van der Waals surface area contributed by atoms with Gasteiger partial charge in [0.2, 0.25) is 5.13 Å². The Morgan fingerprint density at radius 2 is 1.93 bits per heavy atom. The summed E-state index contributed by atoms with van der Waals surface area (Å²) in [6.07, 6.45) is 6.18. The summed E-state index contributed by atoms with van der Waals surface area (Å²) in [5, 5.41) is 10.5. The Morgan fingerprint density at radius 3 is 2.68 bits per heavy atom. The normalized spacial score (nSPS) is 18.7. The molecule has 0 bridgehead atoms. The summed E-state index contributed by atoms with van der Waals surface area (Å²) in [4.78, 5) is 21.6. The third kappa shape index (κ3) is 5.14. The van der Waals surface area contributed by atoms with Gasteiger partial charge in [-0.25, -0.2) is 0 Å². The Bertz CT molecular complexity index is 794. The number of rotatable bonds is 7. The van der Waals surface area contributed by atoms with E-state index in [1.807, 2.05) is 13.0 Å². The maximum absolute atomic E-state index is 12.3. The zero-order valence-corrected chi connectivity index (χ0v) is 17.5. The monoisotopic (exact) mass is 399 g/mol. The van der Waals surface area contributed by atoms with Gasteiger partial charge in [0, 0.05) is 44.8 Å². The number of piperazine rings is 1. The number of ketones is 1. The third-order valence-corrected chi connectivity index (χ3v) is 6.75. The summed E-state index contributed by atoms with van der Waals surface area (Å²) < 4.78 is 0. The molecule has 0 spiro atoms. The predicted molar refractivity (Wildman–Crippen MR) is 112 cm³/mol. The van der Waals surface area contributed by atoms with E-state index < -0.39 is 0 Å². The van der Waals surface area contributed by atoms with Gasteiger partial charge in [-0.05, 0) is 25.0 Å². The highest BCUT2D eigenvalue weighted by Crippen LogP contribution is 2.29. The minimum atomic E-state index is 0.324. The van der Waals surface area contributed by atoms with Crippen LogP contribution in [0.15, 0.2) is 18.2 Å². The van der Waals surface area contributed by atoms with Gasteiger partial charge in [-0.3, -0.25) is 14.7 Å². The molecular weight excluding hydrogens is 370 g/mol. The van der Waals surface area contributed by atoms with E-state index in [0.717, 1.165) is 60.7 Å². The van der Waals surface area contributed by atoms with Gasteiger partial charge >= 0.3 is 0 Å². The van der Waals surface area contributed by atoms with Crippen LogP contribution >= 0.6 is 11.3 Å². The van der Waals surface area contributed by atoms with Crippen LogP contribution < -0.4 is 4.90 Å². The number of hydrogen-bond acceptors (Lipinski definition) is 7. The Morgan fingerprint density at radius 1 is 1.14 bits per heavy atom. The summed E-state index contributed by atoms with van der Waals surface area (Å²) in [6.45, 7) is 6.79. The fraction of sp³-hybridized carbons (Fsp3) is 0.619. The van der Waals surface area contributed by atoms with E-state index in [9.17, 15) is 4.79 Å².